The number of halogens is 4. The third kappa shape index (κ3) is 8.73. The van der Waals surface area contributed by atoms with Gasteiger partial charge >= 0.3 is 6.18 Å². The van der Waals surface area contributed by atoms with E-state index in [1.54, 1.807) is 14.0 Å². The molecule has 4 atom stereocenters. The van der Waals surface area contributed by atoms with Gasteiger partial charge < -0.3 is 9.88 Å². The third-order valence-electron chi connectivity index (χ3n) is 8.18. The number of hydrogen-bond donors (Lipinski definition) is 3. The van der Waals surface area contributed by atoms with E-state index in [0.717, 1.165) is 52.5 Å². The van der Waals surface area contributed by atoms with E-state index in [1.807, 2.05) is 19.3 Å². The van der Waals surface area contributed by atoms with Gasteiger partial charge in [0.2, 0.25) is 6.41 Å². The van der Waals surface area contributed by atoms with Gasteiger partial charge in [0.1, 0.15) is 17.4 Å². The van der Waals surface area contributed by atoms with Crippen molar-refractivity contribution in [3.8, 4) is 17.2 Å². The summed E-state index contributed by atoms with van der Waals surface area (Å²) in [7, 11) is 3.77. The van der Waals surface area contributed by atoms with Gasteiger partial charge in [0, 0.05) is 18.9 Å². The highest BCUT2D eigenvalue weighted by Gasteiger charge is 2.39. The minimum Gasteiger partial charge on any atom is -0.331 e. The lowest BCUT2D eigenvalue weighted by Crippen LogP contribution is -2.34. The monoisotopic (exact) mass is 655 g/mol. The van der Waals surface area contributed by atoms with Crippen LogP contribution in [0.15, 0.2) is 60.7 Å². The zero-order valence-electron chi connectivity index (χ0n) is 26.2. The summed E-state index contributed by atoms with van der Waals surface area (Å²) in [6.07, 6.45) is -2.81. The summed E-state index contributed by atoms with van der Waals surface area (Å²) in [5.41, 5.74) is 4.19. The van der Waals surface area contributed by atoms with Gasteiger partial charge in [0.15, 0.2) is 0 Å². The van der Waals surface area contributed by atoms with Crippen molar-refractivity contribution >= 4 is 41.7 Å². The topological polar surface area (TPSA) is 99.8 Å². The Balaban J connectivity index is 0.000000284. The van der Waals surface area contributed by atoms with Crippen LogP contribution in [0.25, 0.3) is 22.2 Å². The van der Waals surface area contributed by atoms with Crippen LogP contribution in [-0.2, 0) is 22.8 Å². The summed E-state index contributed by atoms with van der Waals surface area (Å²) in [5.74, 6) is 0.506. The molecular weight excluding hydrogens is 618 g/mol. The second-order valence-electron chi connectivity index (χ2n) is 11.2. The molecule has 0 saturated heterocycles. The highest BCUT2D eigenvalue weighted by molar-refractivity contribution is 7.78. The van der Waals surface area contributed by atoms with E-state index in [1.165, 1.54) is 0 Å². The highest BCUT2D eigenvalue weighted by Crippen LogP contribution is 2.44. The van der Waals surface area contributed by atoms with Crippen LogP contribution in [0.1, 0.15) is 49.6 Å². The molecule has 2 N–H and O–H groups in total. The summed E-state index contributed by atoms with van der Waals surface area (Å²) in [6, 6.07) is 19.2. The van der Waals surface area contributed by atoms with Crippen LogP contribution >= 0.6 is 12.8 Å². The minimum absolute atomic E-state index is 0.00158. The van der Waals surface area contributed by atoms with Crippen LogP contribution in [-0.4, -0.2) is 28.8 Å². The molecule has 7 nitrogen and oxygen atoms in total. The van der Waals surface area contributed by atoms with E-state index in [2.05, 4.69) is 82.5 Å². The fraction of sp³-hybridized carbons (Fsp3) is 0.353. The van der Waals surface area contributed by atoms with Gasteiger partial charge in [0.05, 0.1) is 28.4 Å². The number of benzene rings is 3. The number of carbonyl (C=O) groups excluding carboxylic acids is 2. The maximum atomic E-state index is 12.8. The molecule has 1 amide bonds. The molecule has 0 radical (unpaired) electrons. The molecule has 12 heteroatoms. The first-order valence-electron chi connectivity index (χ1n) is 14.6. The molecule has 5 rings (SSSR count). The highest BCUT2D eigenvalue weighted by atomic mass is 32.1. The molecule has 1 aliphatic carbocycles. The van der Waals surface area contributed by atoms with Crippen molar-refractivity contribution in [2.45, 2.75) is 45.7 Å². The van der Waals surface area contributed by atoms with Crippen molar-refractivity contribution in [1.82, 2.24) is 14.3 Å². The molecule has 0 bridgehead atoms. The number of thiol groups is 1. The van der Waals surface area contributed by atoms with Crippen molar-refractivity contribution in [3.05, 3.63) is 83.4 Å². The molecular formula is C34H37F4N5O2S. The number of anilines is 1. The number of Topliss-reactive ketones (excluding diaryl/α,β-unsaturated/α-hetero) is 1. The molecule has 1 heterocycles. The molecule has 0 aliphatic heterocycles. The normalized spacial score (nSPS) is 19.2. The standard InChI is InChI=1S/C25H27N3O.C8H5F4NO.CH5NS/c1-15-11-18(14-26)12-22(25(15)16(2)29)20-7-5-19(6-8-20)21-9-10-24-23(13-21)27-17(3)28(24)4;9-6-3-5(8(10,11)12)1-2-7(6)13-4-14;1-2-3/h5-10,13,15,18,22,25H,11-12H2,1-4H3;1-4H,(H,13,14);2-3H,1H3/t15-,18+,22-,25?;;/m0../s1. The maximum absolute atomic E-state index is 12.8. The van der Waals surface area contributed by atoms with Gasteiger partial charge in [0.25, 0.3) is 0 Å². The summed E-state index contributed by atoms with van der Waals surface area (Å²) < 4.78 is 53.5. The Morgan fingerprint density at radius 1 is 1.09 bits per heavy atom. The summed E-state index contributed by atoms with van der Waals surface area (Å²) in [4.78, 5) is 26.9. The molecule has 4 aromatic rings. The van der Waals surface area contributed by atoms with Gasteiger partial charge in [-0.3, -0.25) is 14.3 Å². The van der Waals surface area contributed by atoms with E-state index in [-0.39, 0.29) is 41.6 Å². The van der Waals surface area contributed by atoms with E-state index in [0.29, 0.717) is 12.1 Å². The van der Waals surface area contributed by atoms with Gasteiger partial charge in [-0.15, -0.1) is 0 Å². The molecule has 1 saturated carbocycles. The van der Waals surface area contributed by atoms with Crippen LogP contribution in [0.2, 0.25) is 0 Å². The maximum Gasteiger partial charge on any atom is 0.416 e. The van der Waals surface area contributed by atoms with Crippen molar-refractivity contribution < 1.29 is 27.2 Å². The number of aromatic nitrogens is 2. The zero-order chi connectivity index (χ0) is 34.2. The predicted molar refractivity (Wildman–Crippen MR) is 174 cm³/mol. The number of hydrogen-bond acceptors (Lipinski definition) is 6. The summed E-state index contributed by atoms with van der Waals surface area (Å²) in [5, 5.41) is 11.4. The zero-order valence-corrected chi connectivity index (χ0v) is 27.1. The van der Waals surface area contributed by atoms with Gasteiger partial charge in [-0.25, -0.2) is 9.37 Å². The number of nitrogens with zero attached hydrogens (tertiary/aromatic N) is 3. The first-order chi connectivity index (χ1) is 21.7. The van der Waals surface area contributed by atoms with Crippen molar-refractivity contribution in [1.29, 1.82) is 5.26 Å². The van der Waals surface area contributed by atoms with E-state index >= 15 is 0 Å². The number of alkyl halides is 3. The Morgan fingerprint density at radius 3 is 2.26 bits per heavy atom. The van der Waals surface area contributed by atoms with E-state index in [9.17, 15) is 32.4 Å². The number of amides is 1. The molecule has 1 aromatic heterocycles. The lowest BCUT2D eigenvalue weighted by molar-refractivity contribution is -0.137. The average Bonchev–Trinajstić information content (AvgIpc) is 3.30. The van der Waals surface area contributed by atoms with Crippen molar-refractivity contribution in [2.75, 3.05) is 12.4 Å². The Labute approximate surface area is 271 Å². The number of rotatable bonds is 5. The Morgan fingerprint density at radius 2 is 1.72 bits per heavy atom. The quantitative estimate of drug-likeness (QED) is 0.115. The molecule has 244 valence electrons. The fourth-order valence-corrected chi connectivity index (χ4v) is 5.97. The Kier molecular flexibility index (Phi) is 12.5. The van der Waals surface area contributed by atoms with Crippen LogP contribution in [0.4, 0.5) is 23.2 Å². The Bertz CT molecular complexity index is 1700. The minimum atomic E-state index is -4.58. The molecule has 46 heavy (non-hydrogen) atoms. The lowest BCUT2D eigenvalue weighted by atomic mass is 9.65. The van der Waals surface area contributed by atoms with Gasteiger partial charge in [-0.2, -0.15) is 18.4 Å². The smallest absolute Gasteiger partial charge is 0.331 e. The molecule has 0 spiro atoms. The third-order valence-corrected chi connectivity index (χ3v) is 8.18. The predicted octanol–water partition coefficient (Wildman–Crippen LogP) is 7.87. The summed E-state index contributed by atoms with van der Waals surface area (Å²) >= 11 is 3.54. The number of imidazole rings is 1. The largest absolute Gasteiger partial charge is 0.416 e. The van der Waals surface area contributed by atoms with Gasteiger partial charge in [-0.1, -0.05) is 50.1 Å². The first kappa shape index (κ1) is 36.3. The molecule has 1 fully saturated rings. The molecule has 1 unspecified atom stereocenters. The van der Waals surface area contributed by atoms with Crippen LogP contribution in [0.5, 0.6) is 0 Å². The number of fused-ring (bicyclic) bond motifs is 1. The number of carbonyl (C=O) groups is 2. The van der Waals surface area contributed by atoms with Crippen LogP contribution in [0.3, 0.4) is 0 Å². The van der Waals surface area contributed by atoms with E-state index < -0.39 is 17.6 Å². The average molecular weight is 656 g/mol. The Hall–Kier alpha value is -4.21. The number of ketones is 1. The number of nitrogens with one attached hydrogen (secondary N) is 2. The van der Waals surface area contributed by atoms with Gasteiger partial charge in [-0.05, 0) is 92.6 Å². The first-order valence-corrected chi connectivity index (χ1v) is 15.0. The van der Waals surface area contributed by atoms with Crippen LogP contribution < -0.4 is 10.0 Å². The number of aryl methyl sites for hydroxylation is 2. The number of nitriles is 1. The SMILES string of the molecule is CC(=O)C1[C@@H](C)C[C@@H](C#N)C[C@H]1c1ccc(-c2ccc3c(c2)nc(C)n3C)cc1.CNS.O=CNc1ccc(C(F)(F)F)cc1F. The lowest BCUT2D eigenvalue weighted by Gasteiger charge is -2.37. The molecule has 3 aromatic carbocycles. The van der Waals surface area contributed by atoms with Crippen LogP contribution in [0, 0.1) is 41.8 Å². The molecule has 1 aliphatic rings. The van der Waals surface area contributed by atoms with E-state index in [4.69, 9.17) is 0 Å². The fourth-order valence-electron chi connectivity index (χ4n) is 5.97. The summed E-state index contributed by atoms with van der Waals surface area (Å²) in [6.45, 7) is 5.82. The second-order valence-corrected chi connectivity index (χ2v) is 11.7. The second kappa shape index (κ2) is 15.9. The van der Waals surface area contributed by atoms with Crippen molar-refractivity contribution in [3.63, 3.8) is 0 Å². The van der Waals surface area contributed by atoms with Crippen molar-refractivity contribution in [2.24, 2.45) is 24.8 Å².